The minimum absolute atomic E-state index is 0. The molecule has 0 aliphatic carbocycles. The van der Waals surface area contributed by atoms with E-state index in [1.807, 2.05) is 12.1 Å². The average molecular weight is 441 g/mol. The van der Waals surface area contributed by atoms with Gasteiger partial charge in [-0.2, -0.15) is 5.10 Å². The Kier molecular flexibility index (Phi) is 7.06. The molecule has 2 N–H and O–H groups in total. The molecule has 1 aliphatic heterocycles. The number of hydrogen-bond acceptors (Lipinski definition) is 4. The van der Waals surface area contributed by atoms with E-state index in [9.17, 15) is 14.0 Å². The van der Waals surface area contributed by atoms with Crippen LogP contribution >= 0.6 is 12.4 Å². The minimum Gasteiger partial charge on any atom is -0.338 e. The smallest absolute Gasteiger partial charge is 0.272 e. The zero-order valence-electron chi connectivity index (χ0n) is 16.7. The van der Waals surface area contributed by atoms with Crippen molar-refractivity contribution < 1.29 is 9.18 Å². The standard InChI is InChI=1S/C23H21FN4O2.ClH/c1-2-9-25-12-16-13-28(14-16)23(30)19-10-15(7-8-20(19)24)11-21-17-5-3-4-6-18(17)22(29)27-26-21;/h1,3-8,10,16,25H,9,11-14H2,(H,27,29);1H. The van der Waals surface area contributed by atoms with Crippen molar-refractivity contribution in [1.29, 1.82) is 0 Å². The summed E-state index contributed by atoms with van der Waals surface area (Å²) in [6.07, 6.45) is 5.58. The van der Waals surface area contributed by atoms with Gasteiger partial charge in [-0.1, -0.05) is 30.2 Å². The molecule has 1 fully saturated rings. The Labute approximate surface area is 185 Å². The van der Waals surface area contributed by atoms with Crippen LogP contribution in [0.3, 0.4) is 0 Å². The molecule has 2 heterocycles. The molecule has 0 unspecified atom stereocenters. The summed E-state index contributed by atoms with van der Waals surface area (Å²) in [6, 6.07) is 11.7. The summed E-state index contributed by atoms with van der Waals surface area (Å²) in [5.41, 5.74) is 1.21. The number of terminal acetylenes is 1. The van der Waals surface area contributed by atoms with Crippen molar-refractivity contribution in [2.75, 3.05) is 26.2 Å². The highest BCUT2D eigenvalue weighted by molar-refractivity contribution is 5.95. The zero-order chi connectivity index (χ0) is 21.1. The van der Waals surface area contributed by atoms with Gasteiger partial charge >= 0.3 is 0 Å². The van der Waals surface area contributed by atoms with Gasteiger partial charge in [0.25, 0.3) is 11.5 Å². The van der Waals surface area contributed by atoms with E-state index >= 15 is 0 Å². The fraction of sp³-hybridized carbons (Fsp3) is 0.261. The molecule has 31 heavy (non-hydrogen) atoms. The van der Waals surface area contributed by atoms with Gasteiger partial charge in [-0.05, 0) is 23.8 Å². The molecule has 2 aromatic carbocycles. The fourth-order valence-electron chi connectivity index (χ4n) is 3.73. The van der Waals surface area contributed by atoms with Crippen LogP contribution in [0, 0.1) is 24.1 Å². The van der Waals surface area contributed by atoms with Crippen LogP contribution in [0.5, 0.6) is 0 Å². The number of amides is 1. The number of benzene rings is 2. The van der Waals surface area contributed by atoms with Crippen molar-refractivity contribution in [1.82, 2.24) is 20.4 Å². The Morgan fingerprint density at radius 1 is 1.26 bits per heavy atom. The number of nitrogens with one attached hydrogen (secondary N) is 2. The van der Waals surface area contributed by atoms with Gasteiger partial charge in [-0.3, -0.25) is 9.59 Å². The number of rotatable bonds is 6. The maximum Gasteiger partial charge on any atom is 0.272 e. The van der Waals surface area contributed by atoms with E-state index in [4.69, 9.17) is 6.42 Å². The van der Waals surface area contributed by atoms with Gasteiger partial charge in [0.05, 0.1) is 23.2 Å². The van der Waals surface area contributed by atoms with Crippen molar-refractivity contribution in [2.45, 2.75) is 6.42 Å². The van der Waals surface area contributed by atoms with Crippen molar-refractivity contribution >= 4 is 29.1 Å². The largest absolute Gasteiger partial charge is 0.338 e. The van der Waals surface area contributed by atoms with E-state index < -0.39 is 5.82 Å². The van der Waals surface area contributed by atoms with Crippen molar-refractivity contribution in [2.24, 2.45) is 5.92 Å². The molecule has 0 bridgehead atoms. The van der Waals surface area contributed by atoms with Crippen LogP contribution in [-0.2, 0) is 6.42 Å². The predicted octanol–water partition coefficient (Wildman–Crippen LogP) is 2.37. The van der Waals surface area contributed by atoms with Gasteiger partial charge in [0.15, 0.2) is 0 Å². The van der Waals surface area contributed by atoms with Crippen molar-refractivity contribution in [3.05, 3.63) is 75.5 Å². The molecule has 0 radical (unpaired) electrons. The SMILES string of the molecule is C#CCNCC1CN(C(=O)c2cc(Cc3n[nH]c(=O)c4ccccc34)ccc2F)C1.Cl. The molecular formula is C23H22ClFN4O2. The van der Waals surface area contributed by atoms with Crippen LogP contribution in [0.4, 0.5) is 4.39 Å². The van der Waals surface area contributed by atoms with Crippen LogP contribution < -0.4 is 10.9 Å². The highest BCUT2D eigenvalue weighted by Crippen LogP contribution is 2.22. The van der Waals surface area contributed by atoms with E-state index in [2.05, 4.69) is 21.4 Å². The van der Waals surface area contributed by atoms with Gasteiger partial charge in [-0.25, -0.2) is 9.49 Å². The Morgan fingerprint density at radius 2 is 2.00 bits per heavy atom. The maximum absolute atomic E-state index is 14.4. The number of likely N-dealkylation sites (tertiary alicyclic amines) is 1. The van der Waals surface area contributed by atoms with E-state index in [1.54, 1.807) is 29.2 Å². The lowest BCUT2D eigenvalue weighted by Crippen LogP contribution is -2.53. The van der Waals surface area contributed by atoms with Gasteiger partial charge in [-0.15, -0.1) is 18.8 Å². The number of aromatic amines is 1. The third-order valence-electron chi connectivity index (χ3n) is 5.31. The summed E-state index contributed by atoms with van der Waals surface area (Å²) >= 11 is 0. The first-order valence-corrected chi connectivity index (χ1v) is 9.75. The second kappa shape index (κ2) is 9.73. The number of carbonyl (C=O) groups is 1. The van der Waals surface area contributed by atoms with Crippen LogP contribution in [0.1, 0.15) is 21.6 Å². The lowest BCUT2D eigenvalue weighted by atomic mass is 9.97. The molecule has 160 valence electrons. The molecule has 0 spiro atoms. The first kappa shape index (κ1) is 22.5. The second-order valence-electron chi connectivity index (χ2n) is 7.45. The first-order chi connectivity index (χ1) is 14.6. The second-order valence-corrected chi connectivity index (χ2v) is 7.45. The number of H-pyrrole nitrogens is 1. The van der Waals surface area contributed by atoms with E-state index in [0.29, 0.717) is 43.1 Å². The predicted molar refractivity (Wildman–Crippen MR) is 120 cm³/mol. The highest BCUT2D eigenvalue weighted by atomic mass is 35.5. The molecule has 6 nitrogen and oxygen atoms in total. The van der Waals surface area contributed by atoms with E-state index in [1.165, 1.54) is 6.07 Å². The zero-order valence-corrected chi connectivity index (χ0v) is 17.5. The average Bonchev–Trinajstić information content (AvgIpc) is 2.73. The topological polar surface area (TPSA) is 78.1 Å². The number of carbonyl (C=O) groups excluding carboxylic acids is 1. The Morgan fingerprint density at radius 3 is 2.74 bits per heavy atom. The number of fused-ring (bicyclic) bond motifs is 1. The van der Waals surface area contributed by atoms with Crippen LogP contribution in [0.15, 0.2) is 47.3 Å². The van der Waals surface area contributed by atoms with Gasteiger partial charge < -0.3 is 10.2 Å². The lowest BCUT2D eigenvalue weighted by Gasteiger charge is -2.39. The monoisotopic (exact) mass is 440 g/mol. The summed E-state index contributed by atoms with van der Waals surface area (Å²) < 4.78 is 14.4. The summed E-state index contributed by atoms with van der Waals surface area (Å²) in [5, 5.41) is 11.1. The highest BCUT2D eigenvalue weighted by Gasteiger charge is 2.32. The molecule has 4 rings (SSSR count). The van der Waals surface area contributed by atoms with Crippen molar-refractivity contribution in [3.63, 3.8) is 0 Å². The van der Waals surface area contributed by atoms with Gasteiger partial charge in [0.2, 0.25) is 0 Å². The molecule has 1 aliphatic rings. The van der Waals surface area contributed by atoms with Gasteiger partial charge in [0.1, 0.15) is 5.82 Å². The molecule has 0 atom stereocenters. The Bertz CT molecular complexity index is 1200. The molecule has 0 saturated carbocycles. The van der Waals surface area contributed by atoms with Crippen LogP contribution in [0.2, 0.25) is 0 Å². The summed E-state index contributed by atoms with van der Waals surface area (Å²) in [6.45, 7) is 2.38. The molecular weight excluding hydrogens is 419 g/mol. The number of halogens is 2. The van der Waals surface area contributed by atoms with Gasteiger partial charge in [0, 0.05) is 37.4 Å². The third kappa shape index (κ3) is 4.76. The van der Waals surface area contributed by atoms with Crippen molar-refractivity contribution in [3.8, 4) is 12.3 Å². The Balaban J connectivity index is 0.00000272. The number of hydrogen-bond donors (Lipinski definition) is 2. The summed E-state index contributed by atoms with van der Waals surface area (Å²) in [4.78, 5) is 26.4. The Hall–Kier alpha value is -3.21. The molecule has 3 aromatic rings. The van der Waals surface area contributed by atoms with E-state index in [-0.39, 0.29) is 29.4 Å². The number of nitrogens with zero attached hydrogens (tertiary/aromatic N) is 2. The molecule has 1 amide bonds. The normalized spacial score (nSPS) is 13.4. The fourth-order valence-corrected chi connectivity index (χ4v) is 3.73. The minimum atomic E-state index is -0.544. The maximum atomic E-state index is 14.4. The molecule has 8 heteroatoms. The van der Waals surface area contributed by atoms with Crippen LogP contribution in [-0.4, -0.2) is 47.2 Å². The first-order valence-electron chi connectivity index (χ1n) is 9.75. The van der Waals surface area contributed by atoms with Crippen LogP contribution in [0.25, 0.3) is 10.8 Å². The lowest BCUT2D eigenvalue weighted by molar-refractivity contribution is 0.0498. The summed E-state index contributed by atoms with van der Waals surface area (Å²) in [5.74, 6) is 1.97. The molecule has 1 aromatic heterocycles. The quantitative estimate of drug-likeness (QED) is 0.455. The number of aromatic nitrogens is 2. The molecule has 1 saturated heterocycles. The van der Waals surface area contributed by atoms with E-state index in [0.717, 1.165) is 17.5 Å². The third-order valence-corrected chi connectivity index (χ3v) is 5.31. The summed E-state index contributed by atoms with van der Waals surface area (Å²) in [7, 11) is 0.